The van der Waals surface area contributed by atoms with Crippen molar-refractivity contribution in [1.82, 2.24) is 0 Å². The standard InChI is InChI=1S/C26H44FNO5S/c1-26(2,3)33-25(29)17-15-13-11-9-7-5-4-6-8-10-12-14-16-20-32-24-19-18-22(21-23(24)27)34(28,30)31/h18-19,21H,4-17,20H2,1-3H3,(H2,28,30,31). The first-order valence-electron chi connectivity index (χ1n) is 12.7. The van der Waals surface area contributed by atoms with Crippen molar-refractivity contribution in [3.63, 3.8) is 0 Å². The molecule has 0 saturated carbocycles. The number of esters is 1. The number of rotatable bonds is 18. The number of nitrogens with two attached hydrogens (primary N) is 1. The zero-order valence-electron chi connectivity index (χ0n) is 21.2. The van der Waals surface area contributed by atoms with Gasteiger partial charge in [0.15, 0.2) is 11.6 Å². The van der Waals surface area contributed by atoms with Crippen molar-refractivity contribution in [2.75, 3.05) is 6.61 Å². The minimum atomic E-state index is -3.91. The minimum absolute atomic E-state index is 0.0513. The van der Waals surface area contributed by atoms with Crippen LogP contribution in [0.15, 0.2) is 23.1 Å². The quantitative estimate of drug-likeness (QED) is 0.179. The number of hydrogen-bond donors (Lipinski definition) is 1. The van der Waals surface area contributed by atoms with E-state index < -0.39 is 15.8 Å². The van der Waals surface area contributed by atoms with Crippen LogP contribution in [0.25, 0.3) is 0 Å². The third-order valence-electron chi connectivity index (χ3n) is 5.43. The van der Waals surface area contributed by atoms with Crippen molar-refractivity contribution in [3.05, 3.63) is 24.0 Å². The van der Waals surface area contributed by atoms with Crippen LogP contribution in [0.2, 0.25) is 0 Å². The third-order valence-corrected chi connectivity index (χ3v) is 6.35. The summed E-state index contributed by atoms with van der Waals surface area (Å²) in [6, 6.07) is 3.44. The summed E-state index contributed by atoms with van der Waals surface area (Å²) in [4.78, 5) is 11.4. The highest BCUT2D eigenvalue weighted by molar-refractivity contribution is 7.89. The normalized spacial score (nSPS) is 12.0. The summed E-state index contributed by atoms with van der Waals surface area (Å²) in [7, 11) is -3.91. The molecule has 196 valence electrons. The molecule has 0 spiro atoms. The first-order chi connectivity index (χ1) is 16.0. The highest BCUT2D eigenvalue weighted by atomic mass is 32.2. The van der Waals surface area contributed by atoms with Gasteiger partial charge in [-0.05, 0) is 51.8 Å². The molecule has 6 nitrogen and oxygen atoms in total. The monoisotopic (exact) mass is 501 g/mol. The van der Waals surface area contributed by atoms with E-state index in [0.717, 1.165) is 38.2 Å². The number of carbonyl (C=O) groups excluding carboxylic acids is 1. The fraction of sp³-hybridized carbons (Fsp3) is 0.731. The lowest BCUT2D eigenvalue weighted by atomic mass is 10.0. The molecular weight excluding hydrogens is 457 g/mol. The maximum Gasteiger partial charge on any atom is 0.306 e. The van der Waals surface area contributed by atoms with Gasteiger partial charge in [-0.15, -0.1) is 0 Å². The maximum atomic E-state index is 13.9. The smallest absolute Gasteiger partial charge is 0.306 e. The molecule has 8 heteroatoms. The van der Waals surface area contributed by atoms with Crippen LogP contribution in [0.1, 0.15) is 111 Å². The summed E-state index contributed by atoms with van der Waals surface area (Å²) in [6.45, 7) is 6.10. The van der Waals surface area contributed by atoms with Crippen LogP contribution in [0.5, 0.6) is 5.75 Å². The zero-order chi connectivity index (χ0) is 25.5. The molecular formula is C26H44FNO5S. The van der Waals surface area contributed by atoms with Crippen LogP contribution in [0, 0.1) is 5.82 Å². The number of hydrogen-bond acceptors (Lipinski definition) is 5. The van der Waals surface area contributed by atoms with Crippen molar-refractivity contribution in [1.29, 1.82) is 0 Å². The van der Waals surface area contributed by atoms with E-state index in [9.17, 15) is 17.6 Å². The van der Waals surface area contributed by atoms with Gasteiger partial charge in [-0.25, -0.2) is 17.9 Å². The molecule has 1 aromatic rings. The van der Waals surface area contributed by atoms with E-state index in [0.29, 0.717) is 13.0 Å². The first kappa shape index (κ1) is 30.4. The van der Waals surface area contributed by atoms with Gasteiger partial charge in [0.25, 0.3) is 0 Å². The number of ether oxygens (including phenoxy) is 2. The van der Waals surface area contributed by atoms with Gasteiger partial charge in [0.2, 0.25) is 10.0 Å². The fourth-order valence-electron chi connectivity index (χ4n) is 3.67. The second-order valence-corrected chi connectivity index (χ2v) is 11.5. The van der Waals surface area contributed by atoms with E-state index in [-0.39, 0.29) is 22.2 Å². The van der Waals surface area contributed by atoms with Crippen LogP contribution < -0.4 is 9.88 Å². The van der Waals surface area contributed by atoms with Crippen LogP contribution in [0.3, 0.4) is 0 Å². The maximum absolute atomic E-state index is 13.9. The Morgan fingerprint density at radius 3 is 1.76 bits per heavy atom. The molecule has 0 amide bonds. The number of benzene rings is 1. The summed E-state index contributed by atoms with van der Waals surface area (Å²) in [5, 5.41) is 4.99. The van der Waals surface area contributed by atoms with Crippen molar-refractivity contribution in [2.45, 2.75) is 121 Å². The number of unbranched alkanes of at least 4 members (excludes halogenated alkanes) is 12. The lowest BCUT2D eigenvalue weighted by Crippen LogP contribution is -2.23. The highest BCUT2D eigenvalue weighted by Gasteiger charge is 2.15. The Balaban J connectivity index is 1.89. The Morgan fingerprint density at radius 2 is 1.32 bits per heavy atom. The van der Waals surface area contributed by atoms with Crippen molar-refractivity contribution >= 4 is 16.0 Å². The van der Waals surface area contributed by atoms with Crippen molar-refractivity contribution in [3.8, 4) is 5.75 Å². The summed E-state index contributed by atoms with van der Waals surface area (Å²) in [5.74, 6) is -0.756. The van der Waals surface area contributed by atoms with E-state index >= 15 is 0 Å². The van der Waals surface area contributed by atoms with Crippen molar-refractivity contribution < 1.29 is 27.1 Å². The second kappa shape index (κ2) is 16.1. The first-order valence-corrected chi connectivity index (χ1v) is 14.2. The molecule has 0 fully saturated rings. The molecule has 0 aromatic heterocycles. The molecule has 0 saturated heterocycles. The molecule has 1 rings (SSSR count). The van der Waals surface area contributed by atoms with E-state index in [1.54, 1.807) is 0 Å². The minimum Gasteiger partial charge on any atom is -0.491 e. The van der Waals surface area contributed by atoms with Gasteiger partial charge < -0.3 is 9.47 Å². The molecule has 0 heterocycles. The molecule has 0 aliphatic rings. The molecule has 34 heavy (non-hydrogen) atoms. The molecule has 0 bridgehead atoms. The number of carbonyl (C=O) groups is 1. The van der Waals surface area contributed by atoms with E-state index in [2.05, 4.69) is 0 Å². The van der Waals surface area contributed by atoms with Gasteiger partial charge in [0.05, 0.1) is 11.5 Å². The Hall–Kier alpha value is -1.67. The number of sulfonamides is 1. The van der Waals surface area contributed by atoms with Gasteiger partial charge in [-0.2, -0.15) is 0 Å². The van der Waals surface area contributed by atoms with Gasteiger partial charge in [0, 0.05) is 6.42 Å². The van der Waals surface area contributed by atoms with E-state index in [4.69, 9.17) is 14.6 Å². The van der Waals surface area contributed by atoms with Crippen LogP contribution in [-0.2, 0) is 19.6 Å². The average molecular weight is 502 g/mol. The largest absolute Gasteiger partial charge is 0.491 e. The van der Waals surface area contributed by atoms with Crippen LogP contribution >= 0.6 is 0 Å². The predicted molar refractivity (Wildman–Crippen MR) is 134 cm³/mol. The molecule has 0 aliphatic carbocycles. The van der Waals surface area contributed by atoms with Crippen molar-refractivity contribution in [2.24, 2.45) is 5.14 Å². The third kappa shape index (κ3) is 15.3. The van der Waals surface area contributed by atoms with E-state index in [1.165, 1.54) is 63.5 Å². The molecule has 2 N–H and O–H groups in total. The lowest BCUT2D eigenvalue weighted by molar-refractivity contribution is -0.154. The molecule has 0 unspecified atom stereocenters. The summed E-state index contributed by atoms with van der Waals surface area (Å²) in [5.41, 5.74) is -0.388. The van der Waals surface area contributed by atoms with Crippen LogP contribution in [0.4, 0.5) is 4.39 Å². The average Bonchev–Trinajstić information content (AvgIpc) is 2.72. The fourth-order valence-corrected chi connectivity index (χ4v) is 4.19. The Kier molecular flexibility index (Phi) is 14.4. The topological polar surface area (TPSA) is 95.7 Å². The summed E-state index contributed by atoms with van der Waals surface area (Å²) < 4.78 is 47.0. The van der Waals surface area contributed by atoms with Crippen LogP contribution in [-0.4, -0.2) is 26.6 Å². The van der Waals surface area contributed by atoms with Gasteiger partial charge in [0.1, 0.15) is 5.60 Å². The van der Waals surface area contributed by atoms with Gasteiger partial charge in [-0.3, -0.25) is 4.79 Å². The summed E-state index contributed by atoms with van der Waals surface area (Å²) in [6.07, 6.45) is 15.5. The van der Waals surface area contributed by atoms with E-state index in [1.807, 2.05) is 20.8 Å². The summed E-state index contributed by atoms with van der Waals surface area (Å²) >= 11 is 0. The van der Waals surface area contributed by atoms with Gasteiger partial charge >= 0.3 is 5.97 Å². The highest BCUT2D eigenvalue weighted by Crippen LogP contribution is 2.21. The Bertz CT molecular complexity index is 821. The van der Waals surface area contributed by atoms with Gasteiger partial charge in [-0.1, -0.05) is 70.6 Å². The molecule has 0 atom stereocenters. The number of halogens is 1. The molecule has 0 radical (unpaired) electrons. The molecule has 1 aromatic carbocycles. The Morgan fingerprint density at radius 1 is 0.853 bits per heavy atom. The number of primary sulfonamides is 1. The predicted octanol–water partition coefficient (Wildman–Crippen LogP) is 6.66. The second-order valence-electron chi connectivity index (χ2n) is 9.92. The Labute approximate surface area is 205 Å². The lowest BCUT2D eigenvalue weighted by Gasteiger charge is -2.19. The molecule has 0 aliphatic heterocycles. The zero-order valence-corrected chi connectivity index (χ0v) is 22.1. The SMILES string of the molecule is CC(C)(C)OC(=O)CCCCCCCCCCCCCCCOc1ccc(S(N)(=O)=O)cc1F.